The van der Waals surface area contributed by atoms with Crippen molar-refractivity contribution in [2.45, 2.75) is 71.8 Å². The number of carbonyl (C=O) groups excluding carboxylic acids is 1. The van der Waals surface area contributed by atoms with Crippen LogP contribution in [-0.2, 0) is 4.79 Å². The molecule has 0 bridgehead atoms. The van der Waals surface area contributed by atoms with Gasteiger partial charge >= 0.3 is 0 Å². The molecule has 0 unspecified atom stereocenters. The van der Waals surface area contributed by atoms with E-state index in [-0.39, 0.29) is 5.91 Å². The van der Waals surface area contributed by atoms with Gasteiger partial charge in [0.15, 0.2) is 0 Å². The van der Waals surface area contributed by atoms with Crippen LogP contribution in [0.15, 0.2) is 0 Å². The Morgan fingerprint density at radius 3 is 2.28 bits per heavy atom. The third-order valence-corrected chi connectivity index (χ3v) is 4.55. The Balaban J connectivity index is 2.22. The van der Waals surface area contributed by atoms with Crippen molar-refractivity contribution >= 4 is 5.91 Å². The summed E-state index contributed by atoms with van der Waals surface area (Å²) in [5, 5.41) is 6.43. The first-order valence-corrected chi connectivity index (χ1v) is 7.66. The van der Waals surface area contributed by atoms with Crippen molar-refractivity contribution in [3.63, 3.8) is 0 Å². The minimum Gasteiger partial charge on any atom is -0.352 e. The highest BCUT2D eigenvalue weighted by Gasteiger charge is 2.31. The Labute approximate surface area is 112 Å². The zero-order chi connectivity index (χ0) is 13.4. The van der Waals surface area contributed by atoms with Crippen molar-refractivity contribution in [3.05, 3.63) is 0 Å². The van der Waals surface area contributed by atoms with Crippen molar-refractivity contribution in [2.75, 3.05) is 13.1 Å². The minimum atomic E-state index is 0.146. The number of rotatable bonds is 8. The molecule has 1 fully saturated rings. The van der Waals surface area contributed by atoms with Gasteiger partial charge < -0.3 is 10.6 Å². The molecular formula is C15H30N2O. The first-order valence-electron chi connectivity index (χ1n) is 7.66. The molecule has 0 aromatic heterocycles. The van der Waals surface area contributed by atoms with Crippen LogP contribution in [-0.4, -0.2) is 25.0 Å². The Morgan fingerprint density at radius 1 is 1.17 bits per heavy atom. The van der Waals surface area contributed by atoms with Gasteiger partial charge in [-0.25, -0.2) is 0 Å². The van der Waals surface area contributed by atoms with Crippen LogP contribution in [0.4, 0.5) is 0 Å². The summed E-state index contributed by atoms with van der Waals surface area (Å²) in [6.07, 6.45) is 8.62. The predicted octanol–water partition coefficient (Wildman–Crippen LogP) is 2.85. The van der Waals surface area contributed by atoms with Crippen molar-refractivity contribution < 1.29 is 4.79 Å². The first-order chi connectivity index (χ1) is 8.65. The highest BCUT2D eigenvalue weighted by molar-refractivity contribution is 5.78. The lowest BCUT2D eigenvalue weighted by Crippen LogP contribution is -2.42. The van der Waals surface area contributed by atoms with Crippen LogP contribution in [0.2, 0.25) is 0 Å². The molecule has 0 aromatic rings. The van der Waals surface area contributed by atoms with Crippen molar-refractivity contribution in [2.24, 2.45) is 5.41 Å². The van der Waals surface area contributed by atoms with E-state index in [4.69, 9.17) is 0 Å². The van der Waals surface area contributed by atoms with E-state index in [1.807, 2.05) is 0 Å². The van der Waals surface area contributed by atoms with Gasteiger partial charge in [-0.15, -0.1) is 0 Å². The van der Waals surface area contributed by atoms with Crippen LogP contribution in [0, 0.1) is 5.41 Å². The topological polar surface area (TPSA) is 41.1 Å². The third kappa shape index (κ3) is 4.60. The number of amides is 1. The maximum absolute atomic E-state index is 11.8. The minimum absolute atomic E-state index is 0.146. The van der Waals surface area contributed by atoms with Crippen LogP contribution in [0.3, 0.4) is 0 Å². The maximum atomic E-state index is 11.8. The van der Waals surface area contributed by atoms with Crippen molar-refractivity contribution in [3.8, 4) is 0 Å². The summed E-state index contributed by atoms with van der Waals surface area (Å²) in [6.45, 7) is 7.98. The number of carbonyl (C=O) groups is 1. The lowest BCUT2D eigenvalue weighted by molar-refractivity contribution is -0.121. The van der Waals surface area contributed by atoms with Crippen LogP contribution in [0.1, 0.15) is 65.7 Å². The van der Waals surface area contributed by atoms with E-state index in [2.05, 4.69) is 31.4 Å². The molecular weight excluding hydrogens is 224 g/mol. The van der Waals surface area contributed by atoms with Gasteiger partial charge in [0.05, 0.1) is 6.54 Å². The summed E-state index contributed by atoms with van der Waals surface area (Å²) in [5.74, 6) is 0.146. The third-order valence-electron chi connectivity index (χ3n) is 4.55. The molecule has 0 radical (unpaired) electrons. The SMILES string of the molecule is CCC(CC)NC(=O)CNCC1(CC)CCCC1. The summed E-state index contributed by atoms with van der Waals surface area (Å²) in [7, 11) is 0. The van der Waals surface area contributed by atoms with E-state index < -0.39 is 0 Å². The molecule has 0 saturated heterocycles. The van der Waals surface area contributed by atoms with Gasteiger partial charge in [-0.2, -0.15) is 0 Å². The van der Waals surface area contributed by atoms with Crippen LogP contribution < -0.4 is 10.6 Å². The van der Waals surface area contributed by atoms with Gasteiger partial charge in [-0.1, -0.05) is 33.6 Å². The molecule has 3 heteroatoms. The summed E-state index contributed by atoms with van der Waals surface area (Å²) < 4.78 is 0. The highest BCUT2D eigenvalue weighted by Crippen LogP contribution is 2.40. The molecule has 0 heterocycles. The lowest BCUT2D eigenvalue weighted by atomic mass is 9.83. The Morgan fingerprint density at radius 2 is 1.78 bits per heavy atom. The molecule has 0 spiro atoms. The summed E-state index contributed by atoms with van der Waals surface area (Å²) in [5.41, 5.74) is 0.467. The highest BCUT2D eigenvalue weighted by atomic mass is 16.1. The molecule has 2 N–H and O–H groups in total. The number of hydrogen-bond donors (Lipinski definition) is 2. The fourth-order valence-electron chi connectivity index (χ4n) is 2.99. The summed E-state index contributed by atoms with van der Waals surface area (Å²) in [6, 6.07) is 0.339. The van der Waals surface area contributed by atoms with Crippen LogP contribution in [0.25, 0.3) is 0 Å². The van der Waals surface area contributed by atoms with Crippen LogP contribution in [0.5, 0.6) is 0 Å². The molecule has 1 aliphatic rings. The molecule has 1 rings (SSSR count). The second kappa shape index (κ2) is 7.78. The van der Waals surface area contributed by atoms with E-state index in [0.717, 1.165) is 19.4 Å². The van der Waals surface area contributed by atoms with Gasteiger partial charge in [-0.3, -0.25) is 4.79 Å². The van der Waals surface area contributed by atoms with Gasteiger partial charge in [-0.05, 0) is 37.5 Å². The molecule has 18 heavy (non-hydrogen) atoms. The zero-order valence-electron chi connectivity index (χ0n) is 12.3. The first kappa shape index (κ1) is 15.5. The van der Waals surface area contributed by atoms with Gasteiger partial charge in [0.1, 0.15) is 0 Å². The summed E-state index contributed by atoms with van der Waals surface area (Å²) >= 11 is 0. The fraction of sp³-hybridized carbons (Fsp3) is 0.933. The Bertz CT molecular complexity index is 243. The molecule has 0 aliphatic heterocycles. The monoisotopic (exact) mass is 254 g/mol. The number of hydrogen-bond acceptors (Lipinski definition) is 2. The standard InChI is InChI=1S/C15H30N2O/c1-4-13(5-2)17-14(18)11-16-12-15(6-3)9-7-8-10-15/h13,16H,4-12H2,1-3H3,(H,17,18). The van der Waals surface area contributed by atoms with Crippen molar-refractivity contribution in [1.29, 1.82) is 0 Å². The fourth-order valence-corrected chi connectivity index (χ4v) is 2.99. The zero-order valence-corrected chi connectivity index (χ0v) is 12.3. The van der Waals surface area contributed by atoms with E-state index in [9.17, 15) is 4.79 Å². The molecule has 106 valence electrons. The average Bonchev–Trinajstić information content (AvgIpc) is 2.85. The second-order valence-electron chi connectivity index (χ2n) is 5.75. The van der Waals surface area contributed by atoms with E-state index in [0.29, 0.717) is 18.0 Å². The van der Waals surface area contributed by atoms with E-state index in [1.165, 1.54) is 32.1 Å². The molecule has 1 amide bonds. The quantitative estimate of drug-likeness (QED) is 0.699. The van der Waals surface area contributed by atoms with Gasteiger partial charge in [0.2, 0.25) is 5.91 Å². The molecule has 1 aliphatic carbocycles. The van der Waals surface area contributed by atoms with Crippen molar-refractivity contribution in [1.82, 2.24) is 10.6 Å². The Hall–Kier alpha value is -0.570. The normalized spacial score (nSPS) is 18.2. The lowest BCUT2D eigenvalue weighted by Gasteiger charge is -2.27. The molecule has 1 saturated carbocycles. The largest absolute Gasteiger partial charge is 0.352 e. The molecule has 0 aromatic carbocycles. The smallest absolute Gasteiger partial charge is 0.234 e. The molecule has 0 atom stereocenters. The van der Waals surface area contributed by atoms with E-state index in [1.54, 1.807) is 0 Å². The second-order valence-corrected chi connectivity index (χ2v) is 5.75. The van der Waals surface area contributed by atoms with Gasteiger partial charge in [0, 0.05) is 12.6 Å². The van der Waals surface area contributed by atoms with Crippen LogP contribution >= 0.6 is 0 Å². The average molecular weight is 254 g/mol. The number of nitrogens with one attached hydrogen (secondary N) is 2. The van der Waals surface area contributed by atoms with E-state index >= 15 is 0 Å². The van der Waals surface area contributed by atoms with Gasteiger partial charge in [0.25, 0.3) is 0 Å². The summed E-state index contributed by atoms with van der Waals surface area (Å²) in [4.78, 5) is 11.8. The molecule has 3 nitrogen and oxygen atoms in total. The Kier molecular flexibility index (Phi) is 6.69. The predicted molar refractivity (Wildman–Crippen MR) is 76.6 cm³/mol. The maximum Gasteiger partial charge on any atom is 0.234 e.